The number of hydrogen-bond acceptors (Lipinski definition) is 3. The van der Waals surface area contributed by atoms with Crippen LogP contribution >= 0.6 is 0 Å². The first kappa shape index (κ1) is 11.0. The lowest BCUT2D eigenvalue weighted by Gasteiger charge is -2.11. The number of Topliss-reactive ketones (excluding diaryl/α,β-unsaturated/α-hetero) is 1. The van der Waals surface area contributed by atoms with Crippen LogP contribution in [0.25, 0.3) is 0 Å². The lowest BCUT2D eigenvalue weighted by Crippen LogP contribution is -2.25. The minimum Gasteiger partial charge on any atom is -0.465 e. The molecule has 0 saturated heterocycles. The average Bonchev–Trinajstić information content (AvgIpc) is 2.29. The maximum atomic E-state index is 11.5. The summed E-state index contributed by atoms with van der Waals surface area (Å²) in [6, 6.07) is 0. The van der Waals surface area contributed by atoms with Gasteiger partial charge in [-0.05, 0) is 26.7 Å². The summed E-state index contributed by atoms with van der Waals surface area (Å²) in [5, 5.41) is 0. The van der Waals surface area contributed by atoms with Crippen molar-refractivity contribution in [2.45, 2.75) is 33.1 Å². The van der Waals surface area contributed by atoms with Crippen molar-refractivity contribution in [2.24, 2.45) is 5.92 Å². The molecule has 0 radical (unpaired) electrons. The molecule has 0 heterocycles. The number of ether oxygens (including phenoxy) is 1. The molecule has 0 aromatic heterocycles. The monoisotopic (exact) mass is 196 g/mol. The minimum atomic E-state index is -0.561. The summed E-state index contributed by atoms with van der Waals surface area (Å²) in [6.07, 6.45) is 3.76. The molecule has 0 spiro atoms. The van der Waals surface area contributed by atoms with Crippen LogP contribution in [0, 0.1) is 5.92 Å². The zero-order chi connectivity index (χ0) is 10.6. The molecule has 1 unspecified atom stereocenters. The van der Waals surface area contributed by atoms with Crippen LogP contribution in [0.15, 0.2) is 11.6 Å². The van der Waals surface area contributed by atoms with Crippen molar-refractivity contribution in [3.63, 3.8) is 0 Å². The Morgan fingerprint density at radius 1 is 1.64 bits per heavy atom. The van der Waals surface area contributed by atoms with Gasteiger partial charge in [0.15, 0.2) is 0 Å². The minimum absolute atomic E-state index is 0.0107. The van der Waals surface area contributed by atoms with E-state index in [1.165, 1.54) is 0 Å². The molecule has 78 valence electrons. The SMILES string of the molecule is CCOC(=O)C1CC(C)=CCCC1=O. The van der Waals surface area contributed by atoms with E-state index in [2.05, 4.69) is 0 Å². The van der Waals surface area contributed by atoms with Gasteiger partial charge in [0.25, 0.3) is 0 Å². The molecule has 0 N–H and O–H groups in total. The quantitative estimate of drug-likeness (QED) is 0.384. The molecule has 0 fully saturated rings. The predicted molar refractivity (Wildman–Crippen MR) is 52.7 cm³/mol. The molecular formula is C11H16O3. The van der Waals surface area contributed by atoms with Crippen molar-refractivity contribution < 1.29 is 14.3 Å². The first-order valence-electron chi connectivity index (χ1n) is 5.00. The second-order valence-electron chi connectivity index (χ2n) is 3.56. The van der Waals surface area contributed by atoms with Gasteiger partial charge in [-0.2, -0.15) is 0 Å². The van der Waals surface area contributed by atoms with Gasteiger partial charge in [-0.3, -0.25) is 9.59 Å². The van der Waals surface area contributed by atoms with Gasteiger partial charge in [0.1, 0.15) is 11.7 Å². The lowest BCUT2D eigenvalue weighted by atomic mass is 9.97. The highest BCUT2D eigenvalue weighted by atomic mass is 16.5. The standard InChI is InChI=1S/C11H16O3/c1-3-14-11(13)9-7-8(2)5-4-6-10(9)12/h5,9H,3-4,6-7H2,1-2H3. The van der Waals surface area contributed by atoms with Crippen LogP contribution in [0.4, 0.5) is 0 Å². The second kappa shape index (κ2) is 4.94. The Hall–Kier alpha value is -1.12. The molecule has 0 bridgehead atoms. The second-order valence-corrected chi connectivity index (χ2v) is 3.56. The summed E-state index contributed by atoms with van der Waals surface area (Å²) < 4.78 is 4.87. The van der Waals surface area contributed by atoms with Gasteiger partial charge in [-0.15, -0.1) is 0 Å². The zero-order valence-corrected chi connectivity index (χ0v) is 8.71. The maximum Gasteiger partial charge on any atom is 0.316 e. The summed E-state index contributed by atoms with van der Waals surface area (Å²) in [5.41, 5.74) is 1.11. The van der Waals surface area contributed by atoms with E-state index in [1.807, 2.05) is 13.0 Å². The van der Waals surface area contributed by atoms with Gasteiger partial charge >= 0.3 is 5.97 Å². The Morgan fingerprint density at radius 3 is 3.00 bits per heavy atom. The fourth-order valence-electron chi connectivity index (χ4n) is 1.61. The number of carbonyl (C=O) groups excluding carboxylic acids is 2. The van der Waals surface area contributed by atoms with Gasteiger partial charge in [0.2, 0.25) is 0 Å². The van der Waals surface area contributed by atoms with E-state index in [-0.39, 0.29) is 11.8 Å². The Kier molecular flexibility index (Phi) is 3.86. The van der Waals surface area contributed by atoms with Crippen LogP contribution in [0.1, 0.15) is 33.1 Å². The molecule has 0 aromatic rings. The van der Waals surface area contributed by atoms with Gasteiger partial charge in [-0.1, -0.05) is 11.6 Å². The van der Waals surface area contributed by atoms with E-state index in [1.54, 1.807) is 6.92 Å². The third-order valence-corrected chi connectivity index (χ3v) is 2.37. The number of esters is 1. The fraction of sp³-hybridized carbons (Fsp3) is 0.636. The molecule has 0 aromatic carbocycles. The third-order valence-electron chi connectivity index (χ3n) is 2.37. The highest BCUT2D eigenvalue weighted by molar-refractivity contribution is 5.99. The molecule has 1 rings (SSSR count). The molecule has 1 aliphatic carbocycles. The Labute approximate surface area is 84.1 Å². The van der Waals surface area contributed by atoms with Gasteiger partial charge in [0.05, 0.1) is 6.61 Å². The van der Waals surface area contributed by atoms with Crippen molar-refractivity contribution in [3.8, 4) is 0 Å². The molecule has 0 amide bonds. The molecule has 14 heavy (non-hydrogen) atoms. The third kappa shape index (κ3) is 2.69. The van der Waals surface area contributed by atoms with Crippen molar-refractivity contribution in [1.29, 1.82) is 0 Å². The summed E-state index contributed by atoms with van der Waals surface area (Å²) in [6.45, 7) is 4.04. The van der Waals surface area contributed by atoms with Crippen molar-refractivity contribution in [3.05, 3.63) is 11.6 Å². The highest BCUT2D eigenvalue weighted by Crippen LogP contribution is 2.21. The van der Waals surface area contributed by atoms with Gasteiger partial charge in [-0.25, -0.2) is 0 Å². The van der Waals surface area contributed by atoms with E-state index in [9.17, 15) is 9.59 Å². The largest absolute Gasteiger partial charge is 0.465 e. The smallest absolute Gasteiger partial charge is 0.316 e. The molecule has 3 heteroatoms. The predicted octanol–water partition coefficient (Wildman–Crippen LogP) is 1.86. The fourth-order valence-corrected chi connectivity index (χ4v) is 1.61. The summed E-state index contributed by atoms with van der Waals surface area (Å²) in [4.78, 5) is 23.0. The van der Waals surface area contributed by atoms with Crippen LogP contribution in [0.2, 0.25) is 0 Å². The zero-order valence-electron chi connectivity index (χ0n) is 8.71. The van der Waals surface area contributed by atoms with E-state index >= 15 is 0 Å². The number of hydrogen-bond donors (Lipinski definition) is 0. The Bertz CT molecular complexity index is 266. The van der Waals surface area contributed by atoms with Crippen molar-refractivity contribution in [1.82, 2.24) is 0 Å². The van der Waals surface area contributed by atoms with Gasteiger partial charge in [0, 0.05) is 6.42 Å². The van der Waals surface area contributed by atoms with Crippen LogP contribution in [0.3, 0.4) is 0 Å². The first-order valence-corrected chi connectivity index (χ1v) is 5.00. The van der Waals surface area contributed by atoms with E-state index in [0.29, 0.717) is 19.4 Å². The highest BCUT2D eigenvalue weighted by Gasteiger charge is 2.28. The first-order chi connectivity index (χ1) is 6.65. The molecular weight excluding hydrogens is 180 g/mol. The van der Waals surface area contributed by atoms with Crippen LogP contribution in [0.5, 0.6) is 0 Å². The Balaban J connectivity index is 2.69. The van der Waals surface area contributed by atoms with Gasteiger partial charge < -0.3 is 4.74 Å². The van der Waals surface area contributed by atoms with E-state index < -0.39 is 5.92 Å². The van der Waals surface area contributed by atoms with Crippen LogP contribution in [-0.2, 0) is 14.3 Å². The summed E-state index contributed by atoms with van der Waals surface area (Å²) in [7, 11) is 0. The number of ketones is 1. The summed E-state index contributed by atoms with van der Waals surface area (Å²) >= 11 is 0. The normalized spacial score (nSPS) is 22.6. The topological polar surface area (TPSA) is 43.4 Å². The Morgan fingerprint density at radius 2 is 2.36 bits per heavy atom. The van der Waals surface area contributed by atoms with E-state index in [4.69, 9.17) is 4.74 Å². The molecule has 0 saturated carbocycles. The molecule has 0 aliphatic heterocycles. The number of rotatable bonds is 2. The lowest BCUT2D eigenvalue weighted by molar-refractivity contribution is -0.151. The van der Waals surface area contributed by atoms with Crippen molar-refractivity contribution >= 4 is 11.8 Å². The van der Waals surface area contributed by atoms with E-state index in [0.717, 1.165) is 12.0 Å². The summed E-state index contributed by atoms with van der Waals surface area (Å²) in [5.74, 6) is -0.919. The number of allylic oxidation sites excluding steroid dienone is 2. The van der Waals surface area contributed by atoms with Crippen molar-refractivity contribution in [2.75, 3.05) is 6.61 Å². The van der Waals surface area contributed by atoms with Crippen LogP contribution < -0.4 is 0 Å². The molecule has 1 aliphatic rings. The molecule has 1 atom stereocenters. The van der Waals surface area contributed by atoms with Crippen LogP contribution in [-0.4, -0.2) is 18.4 Å². The molecule has 3 nitrogen and oxygen atoms in total. The maximum absolute atomic E-state index is 11.5. The average molecular weight is 196 g/mol. The number of carbonyl (C=O) groups is 2.